The number of thioether (sulfide) groups is 1. The first-order chi connectivity index (χ1) is 14.5. The van der Waals surface area contributed by atoms with Gasteiger partial charge in [-0.05, 0) is 56.4 Å². The monoisotopic (exact) mass is 430 g/mol. The molecule has 3 rings (SSSR count). The number of carbonyl (C=O) groups excluding carboxylic acids is 1. The smallest absolute Gasteiger partial charge is 0.343 e. The molecule has 30 heavy (non-hydrogen) atoms. The summed E-state index contributed by atoms with van der Waals surface area (Å²) >= 11 is 2.04. The van der Waals surface area contributed by atoms with E-state index in [-0.39, 0.29) is 11.5 Å². The zero-order chi connectivity index (χ0) is 21.5. The van der Waals surface area contributed by atoms with Crippen molar-refractivity contribution in [1.82, 2.24) is 0 Å². The van der Waals surface area contributed by atoms with Crippen LogP contribution in [-0.4, -0.2) is 28.7 Å². The standard InChI is InChI=1S/C24H30O5S/c1-3-28-23(26)18-11-9-17(10-12-18)22-14-21(25)20(24(27)29-22)13-8-16(2)15-30-19-6-4-5-7-19/h9-12,14,16,19,25H,3-8,13,15H2,1-2H3. The molecular formula is C24H30O5S. The fraction of sp³-hybridized carbons (Fsp3) is 0.500. The third-order valence-electron chi connectivity index (χ3n) is 5.51. The van der Waals surface area contributed by atoms with Gasteiger partial charge >= 0.3 is 11.6 Å². The third-order valence-corrected chi connectivity index (χ3v) is 7.22. The van der Waals surface area contributed by atoms with Crippen LogP contribution in [0.25, 0.3) is 11.3 Å². The van der Waals surface area contributed by atoms with E-state index in [2.05, 4.69) is 6.92 Å². The number of benzene rings is 1. The number of hydrogen-bond acceptors (Lipinski definition) is 6. The highest BCUT2D eigenvalue weighted by atomic mass is 32.2. The molecule has 5 nitrogen and oxygen atoms in total. The molecule has 0 saturated heterocycles. The normalized spacial score (nSPS) is 15.3. The molecule has 1 saturated carbocycles. The molecule has 0 bridgehead atoms. The van der Waals surface area contributed by atoms with Crippen LogP contribution in [-0.2, 0) is 11.2 Å². The van der Waals surface area contributed by atoms with Crippen molar-refractivity contribution in [2.45, 2.75) is 57.6 Å². The quantitative estimate of drug-likeness (QED) is 0.534. The molecule has 0 radical (unpaired) electrons. The third kappa shape index (κ3) is 5.91. The van der Waals surface area contributed by atoms with Gasteiger partial charge in [0.05, 0.1) is 17.7 Å². The fourth-order valence-corrected chi connectivity index (χ4v) is 5.13. The van der Waals surface area contributed by atoms with E-state index in [0.29, 0.717) is 35.6 Å². The van der Waals surface area contributed by atoms with E-state index in [1.807, 2.05) is 11.8 Å². The Kier molecular flexibility index (Phi) is 8.02. The lowest BCUT2D eigenvalue weighted by Gasteiger charge is -2.14. The highest BCUT2D eigenvalue weighted by Crippen LogP contribution is 2.31. The molecule has 1 aromatic carbocycles. The van der Waals surface area contributed by atoms with Crippen molar-refractivity contribution in [2.75, 3.05) is 12.4 Å². The number of carbonyl (C=O) groups is 1. The van der Waals surface area contributed by atoms with Gasteiger partial charge in [0.15, 0.2) is 0 Å². The van der Waals surface area contributed by atoms with Crippen LogP contribution in [0.5, 0.6) is 5.75 Å². The van der Waals surface area contributed by atoms with Gasteiger partial charge in [-0.1, -0.05) is 31.9 Å². The SMILES string of the molecule is CCOC(=O)c1ccc(-c2cc(O)c(CCC(C)CSC3CCCC3)c(=O)o2)cc1. The summed E-state index contributed by atoms with van der Waals surface area (Å²) in [7, 11) is 0. The Morgan fingerprint density at radius 1 is 1.27 bits per heavy atom. The van der Waals surface area contributed by atoms with Gasteiger partial charge in [0, 0.05) is 16.9 Å². The highest BCUT2D eigenvalue weighted by molar-refractivity contribution is 7.99. The summed E-state index contributed by atoms with van der Waals surface area (Å²) in [5.41, 5.74) is 0.867. The Labute approximate surface area is 181 Å². The number of hydrogen-bond donors (Lipinski definition) is 1. The molecule has 2 aromatic rings. The van der Waals surface area contributed by atoms with Gasteiger partial charge in [0.2, 0.25) is 0 Å². The van der Waals surface area contributed by atoms with Crippen LogP contribution in [0, 0.1) is 5.92 Å². The molecule has 1 aromatic heterocycles. The van der Waals surface area contributed by atoms with E-state index in [1.165, 1.54) is 31.7 Å². The van der Waals surface area contributed by atoms with Gasteiger partial charge < -0.3 is 14.3 Å². The van der Waals surface area contributed by atoms with Gasteiger partial charge in [-0.25, -0.2) is 9.59 Å². The molecule has 0 aliphatic heterocycles. The van der Waals surface area contributed by atoms with E-state index in [1.54, 1.807) is 31.2 Å². The van der Waals surface area contributed by atoms with Crippen LogP contribution in [0.3, 0.4) is 0 Å². The largest absolute Gasteiger partial charge is 0.507 e. The molecule has 1 atom stereocenters. The lowest BCUT2D eigenvalue weighted by atomic mass is 10.0. The summed E-state index contributed by atoms with van der Waals surface area (Å²) < 4.78 is 10.4. The maximum Gasteiger partial charge on any atom is 0.343 e. The van der Waals surface area contributed by atoms with Crippen molar-refractivity contribution in [3.8, 4) is 17.1 Å². The van der Waals surface area contributed by atoms with E-state index in [9.17, 15) is 14.7 Å². The summed E-state index contributed by atoms with van der Waals surface area (Å²) in [6, 6.07) is 8.05. The van der Waals surface area contributed by atoms with Gasteiger partial charge in [0.25, 0.3) is 0 Å². The molecule has 1 N–H and O–H groups in total. The first-order valence-corrected chi connectivity index (χ1v) is 11.8. The molecule has 1 fully saturated rings. The summed E-state index contributed by atoms with van der Waals surface area (Å²) in [4.78, 5) is 24.2. The molecule has 1 aliphatic carbocycles. The molecule has 0 amide bonds. The lowest BCUT2D eigenvalue weighted by molar-refractivity contribution is 0.0526. The van der Waals surface area contributed by atoms with Crippen LogP contribution in [0.2, 0.25) is 0 Å². The second kappa shape index (κ2) is 10.7. The zero-order valence-electron chi connectivity index (χ0n) is 17.7. The van der Waals surface area contributed by atoms with E-state index < -0.39 is 11.6 Å². The van der Waals surface area contributed by atoms with Crippen molar-refractivity contribution in [3.63, 3.8) is 0 Å². The van der Waals surface area contributed by atoms with Gasteiger partial charge in [0.1, 0.15) is 11.5 Å². The van der Waals surface area contributed by atoms with Gasteiger partial charge in [-0.2, -0.15) is 11.8 Å². The molecule has 0 spiro atoms. The average molecular weight is 431 g/mol. The summed E-state index contributed by atoms with van der Waals surface area (Å²) in [6.45, 7) is 4.25. The second-order valence-electron chi connectivity index (χ2n) is 7.94. The second-order valence-corrected chi connectivity index (χ2v) is 9.28. The Hall–Kier alpha value is -2.21. The Morgan fingerprint density at radius 3 is 2.60 bits per heavy atom. The molecule has 162 valence electrons. The van der Waals surface area contributed by atoms with Gasteiger partial charge in [-0.15, -0.1) is 0 Å². The molecule has 6 heteroatoms. The molecule has 1 heterocycles. The molecule has 1 unspecified atom stereocenters. The molecular weight excluding hydrogens is 400 g/mol. The van der Waals surface area contributed by atoms with Crippen molar-refractivity contribution < 1.29 is 19.1 Å². The minimum Gasteiger partial charge on any atom is -0.507 e. The van der Waals surface area contributed by atoms with E-state index in [4.69, 9.17) is 9.15 Å². The average Bonchev–Trinajstić information content (AvgIpc) is 3.25. The summed E-state index contributed by atoms with van der Waals surface area (Å²) in [6.07, 6.45) is 6.68. The van der Waals surface area contributed by atoms with Crippen LogP contribution < -0.4 is 5.63 Å². The maximum atomic E-state index is 12.5. The topological polar surface area (TPSA) is 76.7 Å². The van der Waals surface area contributed by atoms with Crippen LogP contribution in [0.15, 0.2) is 39.5 Å². The Morgan fingerprint density at radius 2 is 1.97 bits per heavy atom. The zero-order valence-corrected chi connectivity index (χ0v) is 18.5. The van der Waals surface area contributed by atoms with E-state index in [0.717, 1.165) is 17.4 Å². The first-order valence-electron chi connectivity index (χ1n) is 10.7. The van der Waals surface area contributed by atoms with Crippen molar-refractivity contribution in [2.24, 2.45) is 5.92 Å². The molecule has 1 aliphatic rings. The Bertz CT molecular complexity index is 897. The first kappa shape index (κ1) is 22.5. The number of esters is 1. The minimum absolute atomic E-state index is 0.0358. The predicted molar refractivity (Wildman–Crippen MR) is 120 cm³/mol. The van der Waals surface area contributed by atoms with E-state index >= 15 is 0 Å². The summed E-state index contributed by atoms with van der Waals surface area (Å²) in [5, 5.41) is 11.2. The predicted octanol–water partition coefficient (Wildman–Crippen LogP) is 5.43. The number of rotatable bonds is 9. The minimum atomic E-state index is -0.505. The fourth-order valence-electron chi connectivity index (χ4n) is 3.69. The number of ether oxygens (including phenoxy) is 1. The van der Waals surface area contributed by atoms with Crippen LogP contribution in [0.1, 0.15) is 61.9 Å². The van der Waals surface area contributed by atoms with Crippen LogP contribution in [0.4, 0.5) is 0 Å². The van der Waals surface area contributed by atoms with Crippen molar-refractivity contribution >= 4 is 17.7 Å². The van der Waals surface area contributed by atoms with Crippen LogP contribution >= 0.6 is 11.8 Å². The number of aromatic hydroxyl groups is 1. The lowest BCUT2D eigenvalue weighted by Crippen LogP contribution is -2.11. The van der Waals surface area contributed by atoms with Crippen molar-refractivity contribution in [3.05, 3.63) is 51.9 Å². The van der Waals surface area contributed by atoms with Gasteiger partial charge in [-0.3, -0.25) is 0 Å². The Balaban J connectivity index is 1.62. The summed E-state index contributed by atoms with van der Waals surface area (Å²) in [5.74, 6) is 1.41. The highest BCUT2D eigenvalue weighted by Gasteiger charge is 2.18. The van der Waals surface area contributed by atoms with Crippen molar-refractivity contribution in [1.29, 1.82) is 0 Å². The maximum absolute atomic E-state index is 12.5.